The van der Waals surface area contributed by atoms with Crippen molar-refractivity contribution in [2.75, 3.05) is 0 Å². The topological polar surface area (TPSA) is 51.5 Å². The molecule has 1 aromatic heterocycles. The smallest absolute Gasteiger partial charge is 0.254 e. The number of hydrogen-bond acceptors (Lipinski definition) is 3. The van der Waals surface area contributed by atoms with E-state index in [2.05, 4.69) is 5.32 Å². The molecule has 0 saturated carbocycles. The van der Waals surface area contributed by atoms with Crippen LogP contribution in [-0.4, -0.2) is 12.0 Å². The van der Waals surface area contributed by atoms with E-state index in [1.807, 2.05) is 38.1 Å². The Morgan fingerprint density at radius 2 is 2.00 bits per heavy atom. The van der Waals surface area contributed by atoms with Crippen LogP contribution in [0.1, 0.15) is 29.8 Å². The van der Waals surface area contributed by atoms with E-state index < -0.39 is 0 Å². The summed E-state index contributed by atoms with van der Waals surface area (Å²) in [4.78, 5) is 11.7. The van der Waals surface area contributed by atoms with E-state index in [1.54, 1.807) is 6.07 Å². The molecule has 1 aromatic carbocycles. The van der Waals surface area contributed by atoms with Crippen molar-refractivity contribution in [2.24, 2.45) is 0 Å². The normalized spacial score (nSPS) is 10.5. The van der Waals surface area contributed by atoms with Crippen LogP contribution in [0.15, 0.2) is 47.3 Å². The molecule has 0 radical (unpaired) electrons. The van der Waals surface area contributed by atoms with Gasteiger partial charge < -0.3 is 14.5 Å². The van der Waals surface area contributed by atoms with Crippen molar-refractivity contribution in [1.29, 1.82) is 0 Å². The second-order valence-electron chi connectivity index (χ2n) is 4.51. The zero-order valence-electron chi connectivity index (χ0n) is 11.1. The van der Waals surface area contributed by atoms with Gasteiger partial charge in [0.15, 0.2) is 0 Å². The average molecular weight is 259 g/mol. The van der Waals surface area contributed by atoms with E-state index in [0.29, 0.717) is 12.1 Å². The predicted molar refractivity (Wildman–Crippen MR) is 72.1 cm³/mol. The molecule has 4 heteroatoms. The zero-order valence-corrected chi connectivity index (χ0v) is 11.1. The number of carbonyl (C=O) groups excluding carboxylic acids is 1. The summed E-state index contributed by atoms with van der Waals surface area (Å²) >= 11 is 0. The van der Waals surface area contributed by atoms with E-state index >= 15 is 0 Å². The molecule has 2 aromatic rings. The molecule has 0 atom stereocenters. The number of nitrogens with one attached hydrogen (secondary N) is 1. The summed E-state index contributed by atoms with van der Waals surface area (Å²) in [5.74, 6) is 0.691. The summed E-state index contributed by atoms with van der Waals surface area (Å²) in [6, 6.07) is 9.31. The first-order valence-electron chi connectivity index (χ1n) is 6.21. The highest BCUT2D eigenvalue weighted by Gasteiger charge is 2.06. The van der Waals surface area contributed by atoms with Crippen LogP contribution in [0.4, 0.5) is 0 Å². The summed E-state index contributed by atoms with van der Waals surface area (Å²) in [5.41, 5.74) is 1.55. The summed E-state index contributed by atoms with van der Waals surface area (Å²) in [7, 11) is 0. The Bertz CT molecular complexity index is 515. The minimum Gasteiger partial charge on any atom is -0.491 e. The van der Waals surface area contributed by atoms with Crippen LogP contribution in [0.2, 0.25) is 0 Å². The first-order valence-corrected chi connectivity index (χ1v) is 6.21. The molecule has 0 aliphatic rings. The third-order valence-corrected chi connectivity index (χ3v) is 2.53. The lowest BCUT2D eigenvalue weighted by atomic mass is 10.2. The third-order valence-electron chi connectivity index (χ3n) is 2.53. The molecule has 0 unspecified atom stereocenters. The first kappa shape index (κ1) is 13.2. The van der Waals surface area contributed by atoms with Crippen molar-refractivity contribution in [3.63, 3.8) is 0 Å². The summed E-state index contributed by atoms with van der Waals surface area (Å²) < 4.78 is 10.4. The first-order chi connectivity index (χ1) is 9.15. The second-order valence-corrected chi connectivity index (χ2v) is 4.51. The van der Waals surface area contributed by atoms with Crippen LogP contribution in [-0.2, 0) is 6.54 Å². The molecule has 0 fully saturated rings. The Labute approximate surface area is 112 Å². The molecule has 0 aliphatic heterocycles. The minimum absolute atomic E-state index is 0.142. The molecule has 100 valence electrons. The van der Waals surface area contributed by atoms with Gasteiger partial charge in [0.1, 0.15) is 12.0 Å². The van der Waals surface area contributed by atoms with E-state index in [1.165, 1.54) is 12.5 Å². The third kappa shape index (κ3) is 3.88. The highest BCUT2D eigenvalue weighted by molar-refractivity contribution is 5.93. The second kappa shape index (κ2) is 6.09. The standard InChI is InChI=1S/C15H17NO3/c1-11(2)19-14-5-3-12(4-6-14)9-16-15(17)13-7-8-18-10-13/h3-8,10-11H,9H2,1-2H3,(H,16,17). The van der Waals surface area contributed by atoms with Gasteiger partial charge in [-0.25, -0.2) is 0 Å². The fourth-order valence-electron chi connectivity index (χ4n) is 1.64. The van der Waals surface area contributed by atoms with E-state index in [4.69, 9.17) is 9.15 Å². The van der Waals surface area contributed by atoms with Gasteiger partial charge in [0.05, 0.1) is 17.9 Å². The highest BCUT2D eigenvalue weighted by Crippen LogP contribution is 2.13. The molecular formula is C15H17NO3. The number of ether oxygens (including phenoxy) is 1. The van der Waals surface area contributed by atoms with Gasteiger partial charge in [-0.2, -0.15) is 0 Å². The molecule has 0 bridgehead atoms. The number of carbonyl (C=O) groups is 1. The SMILES string of the molecule is CC(C)Oc1ccc(CNC(=O)c2ccoc2)cc1. The molecule has 0 saturated heterocycles. The van der Waals surface area contributed by atoms with Crippen LogP contribution in [0, 0.1) is 0 Å². The van der Waals surface area contributed by atoms with Gasteiger partial charge in [0.2, 0.25) is 0 Å². The lowest BCUT2D eigenvalue weighted by Gasteiger charge is -2.10. The Balaban J connectivity index is 1.88. The molecule has 4 nitrogen and oxygen atoms in total. The number of rotatable bonds is 5. The Kier molecular flexibility index (Phi) is 4.23. The van der Waals surface area contributed by atoms with E-state index in [9.17, 15) is 4.79 Å². The average Bonchev–Trinajstić information content (AvgIpc) is 2.91. The molecule has 0 aliphatic carbocycles. The maximum atomic E-state index is 11.7. The zero-order chi connectivity index (χ0) is 13.7. The van der Waals surface area contributed by atoms with Crippen molar-refractivity contribution < 1.29 is 13.9 Å². The van der Waals surface area contributed by atoms with E-state index in [0.717, 1.165) is 11.3 Å². The van der Waals surface area contributed by atoms with Crippen LogP contribution in [0.5, 0.6) is 5.75 Å². The van der Waals surface area contributed by atoms with E-state index in [-0.39, 0.29) is 12.0 Å². The lowest BCUT2D eigenvalue weighted by Crippen LogP contribution is -2.22. The lowest BCUT2D eigenvalue weighted by molar-refractivity contribution is 0.0950. The van der Waals surface area contributed by atoms with Gasteiger partial charge in [-0.1, -0.05) is 12.1 Å². The quantitative estimate of drug-likeness (QED) is 0.898. The summed E-state index contributed by atoms with van der Waals surface area (Å²) in [6.07, 6.45) is 3.06. The van der Waals surface area contributed by atoms with Crippen LogP contribution >= 0.6 is 0 Å². The van der Waals surface area contributed by atoms with Crippen LogP contribution < -0.4 is 10.1 Å². The largest absolute Gasteiger partial charge is 0.491 e. The van der Waals surface area contributed by atoms with Crippen molar-refractivity contribution in [3.8, 4) is 5.75 Å². The molecule has 1 N–H and O–H groups in total. The maximum absolute atomic E-state index is 11.7. The molecule has 19 heavy (non-hydrogen) atoms. The van der Waals surface area contributed by atoms with Gasteiger partial charge in [-0.05, 0) is 37.6 Å². The van der Waals surface area contributed by atoms with Crippen LogP contribution in [0.25, 0.3) is 0 Å². The molecule has 2 rings (SSSR count). The number of amides is 1. The molecule has 0 spiro atoms. The highest BCUT2D eigenvalue weighted by atomic mass is 16.5. The van der Waals surface area contributed by atoms with Gasteiger partial charge in [-0.3, -0.25) is 4.79 Å². The van der Waals surface area contributed by atoms with Gasteiger partial charge >= 0.3 is 0 Å². The van der Waals surface area contributed by atoms with Gasteiger partial charge in [0.25, 0.3) is 5.91 Å². The number of furan rings is 1. The maximum Gasteiger partial charge on any atom is 0.254 e. The Morgan fingerprint density at radius 3 is 2.58 bits per heavy atom. The summed E-state index contributed by atoms with van der Waals surface area (Å²) in [6.45, 7) is 4.45. The fraction of sp³-hybridized carbons (Fsp3) is 0.267. The van der Waals surface area contributed by atoms with Crippen molar-refractivity contribution >= 4 is 5.91 Å². The predicted octanol–water partition coefficient (Wildman–Crippen LogP) is 3.00. The number of hydrogen-bond donors (Lipinski definition) is 1. The van der Waals surface area contributed by atoms with Gasteiger partial charge in [-0.15, -0.1) is 0 Å². The van der Waals surface area contributed by atoms with Crippen molar-refractivity contribution in [3.05, 3.63) is 54.0 Å². The minimum atomic E-state index is -0.142. The number of benzene rings is 1. The monoisotopic (exact) mass is 259 g/mol. The Hall–Kier alpha value is -2.23. The fourth-order valence-corrected chi connectivity index (χ4v) is 1.64. The van der Waals surface area contributed by atoms with Gasteiger partial charge in [0, 0.05) is 6.54 Å². The molecular weight excluding hydrogens is 242 g/mol. The molecule has 1 heterocycles. The summed E-state index contributed by atoms with van der Waals surface area (Å²) in [5, 5.41) is 2.82. The Morgan fingerprint density at radius 1 is 1.26 bits per heavy atom. The van der Waals surface area contributed by atoms with Crippen LogP contribution in [0.3, 0.4) is 0 Å². The molecule has 1 amide bonds. The van der Waals surface area contributed by atoms with Crippen molar-refractivity contribution in [1.82, 2.24) is 5.32 Å². The van der Waals surface area contributed by atoms with Crippen molar-refractivity contribution in [2.45, 2.75) is 26.5 Å².